The average Bonchev–Trinajstić information content (AvgIpc) is 3.64. The van der Waals surface area contributed by atoms with Crippen LogP contribution < -0.4 is 4.89 Å². The molecule has 0 aromatic carbocycles. The molecule has 0 radical (unpaired) electrons. The first kappa shape index (κ1) is 82.9. The molecule has 0 aliphatic rings. The minimum atomic E-state index is -4.64. The van der Waals surface area contributed by atoms with Crippen molar-refractivity contribution in [1.82, 2.24) is 0 Å². The second-order valence-corrected chi connectivity index (χ2v) is 26.6. The van der Waals surface area contributed by atoms with Crippen molar-refractivity contribution in [3.63, 3.8) is 0 Å². The zero-order valence-electron chi connectivity index (χ0n) is 56.7. The van der Waals surface area contributed by atoms with E-state index in [9.17, 15) is 19.0 Å². The van der Waals surface area contributed by atoms with Gasteiger partial charge in [-0.15, -0.1) is 0 Å². The number of phosphoric ester groups is 1. The normalized spacial score (nSPS) is 13.7. The number of likely N-dealkylation sites (N-methyl/N-ethyl adjacent to an activating group) is 1. The van der Waals surface area contributed by atoms with Gasteiger partial charge in [0, 0.05) is 12.8 Å². The van der Waals surface area contributed by atoms with Crippen LogP contribution in [0.2, 0.25) is 0 Å². The molecule has 0 saturated carbocycles. The second kappa shape index (κ2) is 66.4. The number of carbonyl (C=O) groups is 2. The number of carbonyl (C=O) groups excluding carboxylic acids is 2. The van der Waals surface area contributed by atoms with Crippen molar-refractivity contribution in [2.45, 2.75) is 328 Å². The van der Waals surface area contributed by atoms with Gasteiger partial charge in [-0.3, -0.25) is 14.2 Å². The SMILES string of the molecule is CC/C=C\C/C=C\C/C=C\C/C=C\CCCCCCCCCCCCCCCCCCCCC(=O)OCC(COP(=O)([O-])OCC[N+](C)(C)C)OC(=O)CCCCCCCCCCCCCCCCCCCC/C=C\C/C=C\C/C=C\C/C=C\CC. The highest BCUT2D eigenvalue weighted by Gasteiger charge is 2.22. The lowest BCUT2D eigenvalue weighted by Crippen LogP contribution is -2.37. The summed E-state index contributed by atoms with van der Waals surface area (Å²) in [6, 6.07) is 0. The van der Waals surface area contributed by atoms with Crippen molar-refractivity contribution < 1.29 is 42.1 Å². The zero-order valence-corrected chi connectivity index (χ0v) is 57.6. The van der Waals surface area contributed by atoms with Crippen molar-refractivity contribution >= 4 is 19.8 Å². The van der Waals surface area contributed by atoms with E-state index in [1.807, 2.05) is 21.1 Å². The monoisotopic (exact) mass is 1220 g/mol. The summed E-state index contributed by atoms with van der Waals surface area (Å²) in [6.45, 7) is 4.06. The van der Waals surface area contributed by atoms with Crippen LogP contribution in [0, 0.1) is 0 Å². The Morgan fingerprint density at radius 1 is 0.360 bits per heavy atom. The van der Waals surface area contributed by atoms with Gasteiger partial charge in [-0.25, -0.2) is 0 Å². The van der Waals surface area contributed by atoms with Crippen LogP contribution in [0.25, 0.3) is 0 Å². The molecule has 0 aromatic heterocycles. The van der Waals surface area contributed by atoms with Gasteiger partial charge in [0.15, 0.2) is 6.10 Å². The maximum atomic E-state index is 12.9. The van der Waals surface area contributed by atoms with Crippen molar-refractivity contribution in [2.75, 3.05) is 47.5 Å². The van der Waals surface area contributed by atoms with Crippen LogP contribution in [-0.4, -0.2) is 70.0 Å². The lowest BCUT2D eigenvalue weighted by Gasteiger charge is -2.28. The first-order valence-corrected chi connectivity index (χ1v) is 37.4. The molecule has 2 unspecified atom stereocenters. The Labute approximate surface area is 532 Å². The van der Waals surface area contributed by atoms with Gasteiger partial charge in [0.2, 0.25) is 0 Å². The van der Waals surface area contributed by atoms with Crippen molar-refractivity contribution in [1.29, 1.82) is 0 Å². The largest absolute Gasteiger partial charge is 0.756 e. The van der Waals surface area contributed by atoms with E-state index in [1.54, 1.807) is 0 Å². The first-order valence-electron chi connectivity index (χ1n) is 35.9. The molecule has 0 fully saturated rings. The number of nitrogens with zero attached hydrogens (tertiary/aromatic N) is 1. The minimum absolute atomic E-state index is 0.0316. The van der Waals surface area contributed by atoms with Crippen LogP contribution in [0.15, 0.2) is 97.2 Å². The standard InChI is InChI=1S/C76H136NO8P/c1-6-8-10-12-14-16-18-20-22-24-26-28-30-32-34-36-38-40-42-44-46-48-50-52-54-56-58-60-62-64-66-68-75(78)82-72-74(73-84-86(80,81)83-71-70-77(3,4)5)85-76(79)69-67-65-63-61-59-57-55-53-51-49-47-45-43-41-39-37-35-33-31-29-27-25-23-21-19-17-15-13-11-9-7-2/h8-11,14-17,20-23,26-29,74H,6-7,12-13,18-19,24-25,30-73H2,1-5H3/b10-8-,11-9-,16-14-,17-15-,22-20-,23-21-,28-26-,29-27-. The van der Waals surface area contributed by atoms with Crippen molar-refractivity contribution in [3.05, 3.63) is 97.2 Å². The van der Waals surface area contributed by atoms with Crippen LogP contribution in [-0.2, 0) is 32.7 Å². The molecular weight excluding hydrogens is 1090 g/mol. The Balaban J connectivity index is 4.00. The topological polar surface area (TPSA) is 111 Å². The van der Waals surface area contributed by atoms with E-state index < -0.39 is 26.5 Å². The molecule has 498 valence electrons. The summed E-state index contributed by atoms with van der Waals surface area (Å²) in [5, 5.41) is 0. The van der Waals surface area contributed by atoms with Crippen LogP contribution >= 0.6 is 7.82 Å². The van der Waals surface area contributed by atoms with Gasteiger partial charge in [0.25, 0.3) is 7.82 Å². The molecule has 10 heteroatoms. The molecule has 0 amide bonds. The quantitative estimate of drug-likeness (QED) is 0.0195. The Hall–Kier alpha value is -3.07. The summed E-state index contributed by atoms with van der Waals surface area (Å²) in [5.74, 6) is -0.820. The smallest absolute Gasteiger partial charge is 0.306 e. The highest BCUT2D eigenvalue weighted by molar-refractivity contribution is 7.45. The predicted molar refractivity (Wildman–Crippen MR) is 369 cm³/mol. The Morgan fingerprint density at radius 2 is 0.628 bits per heavy atom. The fraction of sp³-hybridized carbons (Fsp3) is 0.763. The van der Waals surface area contributed by atoms with Crippen LogP contribution in [0.1, 0.15) is 322 Å². The van der Waals surface area contributed by atoms with Gasteiger partial charge in [-0.05, 0) is 89.9 Å². The van der Waals surface area contributed by atoms with Crippen LogP contribution in [0.5, 0.6) is 0 Å². The number of quaternary nitrogens is 1. The van der Waals surface area contributed by atoms with E-state index in [-0.39, 0.29) is 32.0 Å². The highest BCUT2D eigenvalue weighted by Crippen LogP contribution is 2.38. The number of unbranched alkanes of at least 4 members (excludes halogenated alkanes) is 36. The number of hydrogen-bond donors (Lipinski definition) is 0. The van der Waals surface area contributed by atoms with E-state index in [4.69, 9.17) is 18.5 Å². The summed E-state index contributed by atoms with van der Waals surface area (Å²) in [5.41, 5.74) is 0. The molecule has 0 N–H and O–H groups in total. The molecule has 0 aromatic rings. The van der Waals surface area contributed by atoms with E-state index >= 15 is 0 Å². The Bertz CT molecular complexity index is 1770. The molecule has 0 spiro atoms. The van der Waals surface area contributed by atoms with Crippen molar-refractivity contribution in [3.8, 4) is 0 Å². The molecule has 0 aliphatic heterocycles. The minimum Gasteiger partial charge on any atom is -0.756 e. The number of hydrogen-bond acceptors (Lipinski definition) is 8. The Morgan fingerprint density at radius 3 is 0.930 bits per heavy atom. The van der Waals surface area contributed by atoms with Crippen LogP contribution in [0.4, 0.5) is 0 Å². The maximum Gasteiger partial charge on any atom is 0.306 e. The molecule has 0 bridgehead atoms. The lowest BCUT2D eigenvalue weighted by molar-refractivity contribution is -0.870. The highest BCUT2D eigenvalue weighted by atomic mass is 31.2. The third-order valence-electron chi connectivity index (χ3n) is 15.6. The number of esters is 2. The molecule has 0 heterocycles. The maximum absolute atomic E-state index is 12.9. The van der Waals surface area contributed by atoms with Gasteiger partial charge in [0.05, 0.1) is 27.7 Å². The first-order chi connectivity index (χ1) is 42.0. The van der Waals surface area contributed by atoms with Crippen LogP contribution in [0.3, 0.4) is 0 Å². The zero-order chi connectivity index (χ0) is 62.6. The molecule has 0 rings (SSSR count). The third kappa shape index (κ3) is 70.0. The molecule has 9 nitrogen and oxygen atoms in total. The summed E-state index contributed by atoms with van der Waals surface area (Å²) < 4.78 is 34.4. The molecule has 2 atom stereocenters. The van der Waals surface area contributed by atoms with E-state index in [1.165, 1.54) is 199 Å². The fourth-order valence-corrected chi connectivity index (χ4v) is 10.9. The number of phosphoric acid groups is 1. The number of rotatable bonds is 66. The summed E-state index contributed by atoms with van der Waals surface area (Å²) in [7, 11) is 1.17. The van der Waals surface area contributed by atoms with Gasteiger partial charge < -0.3 is 27.9 Å². The Kier molecular flexibility index (Phi) is 64.0. The predicted octanol–water partition coefficient (Wildman–Crippen LogP) is 22.9. The van der Waals surface area contributed by atoms with E-state index in [2.05, 4.69) is 111 Å². The summed E-state index contributed by atoms with van der Waals surface area (Å²) in [6.07, 6.45) is 92.1. The molecular formula is C76H136NO8P. The summed E-state index contributed by atoms with van der Waals surface area (Å²) >= 11 is 0. The number of allylic oxidation sites excluding steroid dienone is 16. The third-order valence-corrected chi connectivity index (χ3v) is 16.6. The lowest BCUT2D eigenvalue weighted by atomic mass is 10.0. The van der Waals surface area contributed by atoms with E-state index in [0.717, 1.165) is 89.9 Å². The number of ether oxygens (including phenoxy) is 2. The molecule has 86 heavy (non-hydrogen) atoms. The van der Waals surface area contributed by atoms with Gasteiger partial charge in [0.1, 0.15) is 19.8 Å². The van der Waals surface area contributed by atoms with Gasteiger partial charge in [-0.2, -0.15) is 0 Å². The van der Waals surface area contributed by atoms with E-state index in [0.29, 0.717) is 17.4 Å². The molecule has 0 saturated heterocycles. The van der Waals surface area contributed by atoms with Gasteiger partial charge >= 0.3 is 11.9 Å². The van der Waals surface area contributed by atoms with Gasteiger partial charge in [-0.1, -0.05) is 317 Å². The fourth-order valence-electron chi connectivity index (χ4n) is 10.2. The molecule has 0 aliphatic carbocycles. The summed E-state index contributed by atoms with van der Waals surface area (Å²) in [4.78, 5) is 38.1. The van der Waals surface area contributed by atoms with Crippen molar-refractivity contribution in [2.24, 2.45) is 0 Å². The second-order valence-electron chi connectivity index (χ2n) is 25.2. The average molecular weight is 1220 g/mol.